The Hall–Kier alpha value is -2.63. The van der Waals surface area contributed by atoms with Gasteiger partial charge in [0.15, 0.2) is 0 Å². The Morgan fingerprint density at radius 2 is 2.00 bits per heavy atom. The number of ether oxygens (including phenoxy) is 1. The Morgan fingerprint density at radius 1 is 1.19 bits per heavy atom. The molecular weight excluding hydrogens is 278 g/mol. The van der Waals surface area contributed by atoms with Crippen molar-refractivity contribution in [2.45, 2.75) is 0 Å². The summed E-state index contributed by atoms with van der Waals surface area (Å²) in [5.74, 6) is -1.67. The van der Waals surface area contributed by atoms with E-state index < -0.39 is 17.5 Å². The molecule has 0 unspecified atom stereocenters. The van der Waals surface area contributed by atoms with Crippen LogP contribution in [-0.2, 0) is 0 Å². The zero-order chi connectivity index (χ0) is 15.2. The van der Waals surface area contributed by atoms with E-state index in [9.17, 15) is 13.6 Å². The maximum Gasteiger partial charge on any atom is 0.254 e. The fourth-order valence-electron chi connectivity index (χ4n) is 1.71. The van der Waals surface area contributed by atoms with Gasteiger partial charge in [-0.15, -0.1) is 0 Å². The number of rotatable bonds is 5. The summed E-state index contributed by atoms with van der Waals surface area (Å²) in [4.78, 5) is 11.7. The number of halogens is 2. The lowest BCUT2D eigenvalue weighted by Gasteiger charge is -2.08. The second kappa shape index (κ2) is 6.69. The molecule has 0 radical (unpaired) electrons. The van der Waals surface area contributed by atoms with Crippen LogP contribution in [0.4, 0.5) is 14.5 Å². The van der Waals surface area contributed by atoms with Crippen molar-refractivity contribution in [1.29, 1.82) is 0 Å². The lowest BCUT2D eigenvalue weighted by molar-refractivity contribution is 0.0943. The van der Waals surface area contributed by atoms with Gasteiger partial charge in [0.2, 0.25) is 0 Å². The molecule has 2 aromatic carbocycles. The number of carbonyl (C=O) groups excluding carboxylic acids is 1. The average Bonchev–Trinajstić information content (AvgIpc) is 2.43. The molecule has 0 aliphatic heterocycles. The molecule has 0 saturated carbocycles. The summed E-state index contributed by atoms with van der Waals surface area (Å²) in [6.45, 7) is 0.391. The van der Waals surface area contributed by atoms with E-state index in [0.29, 0.717) is 17.5 Å². The molecule has 0 atom stereocenters. The van der Waals surface area contributed by atoms with Crippen LogP contribution in [0.5, 0.6) is 5.75 Å². The fourth-order valence-corrected chi connectivity index (χ4v) is 1.71. The molecule has 0 fully saturated rings. The Kier molecular flexibility index (Phi) is 4.71. The van der Waals surface area contributed by atoms with Gasteiger partial charge in [-0.2, -0.15) is 0 Å². The van der Waals surface area contributed by atoms with Crippen molar-refractivity contribution in [1.82, 2.24) is 5.32 Å². The van der Waals surface area contributed by atoms with Crippen LogP contribution < -0.4 is 15.8 Å². The van der Waals surface area contributed by atoms with Gasteiger partial charge in [0, 0.05) is 17.8 Å². The molecule has 2 rings (SSSR count). The van der Waals surface area contributed by atoms with E-state index in [4.69, 9.17) is 10.5 Å². The molecule has 0 heterocycles. The van der Waals surface area contributed by atoms with Gasteiger partial charge in [-0.05, 0) is 24.3 Å². The fraction of sp³-hybridized carbons (Fsp3) is 0.133. The van der Waals surface area contributed by atoms with Gasteiger partial charge in [-0.25, -0.2) is 8.78 Å². The second-order valence-electron chi connectivity index (χ2n) is 4.30. The van der Waals surface area contributed by atoms with Crippen LogP contribution in [0.1, 0.15) is 10.4 Å². The van der Waals surface area contributed by atoms with Gasteiger partial charge in [0.05, 0.1) is 12.1 Å². The third-order valence-electron chi connectivity index (χ3n) is 2.69. The van der Waals surface area contributed by atoms with Gasteiger partial charge in [-0.1, -0.05) is 6.07 Å². The van der Waals surface area contributed by atoms with Crippen molar-refractivity contribution in [3.05, 3.63) is 59.7 Å². The lowest BCUT2D eigenvalue weighted by Crippen LogP contribution is -2.28. The number of anilines is 1. The highest BCUT2D eigenvalue weighted by molar-refractivity contribution is 5.94. The van der Waals surface area contributed by atoms with Crippen LogP contribution in [-0.4, -0.2) is 19.1 Å². The average molecular weight is 292 g/mol. The largest absolute Gasteiger partial charge is 0.492 e. The van der Waals surface area contributed by atoms with Crippen molar-refractivity contribution >= 4 is 11.6 Å². The predicted molar refractivity (Wildman–Crippen MR) is 75.0 cm³/mol. The van der Waals surface area contributed by atoms with Crippen molar-refractivity contribution in [2.75, 3.05) is 18.9 Å². The van der Waals surface area contributed by atoms with Crippen LogP contribution in [0, 0.1) is 11.6 Å². The third kappa shape index (κ3) is 4.17. The van der Waals surface area contributed by atoms with Crippen molar-refractivity contribution < 1.29 is 18.3 Å². The van der Waals surface area contributed by atoms with Crippen LogP contribution in [0.15, 0.2) is 42.5 Å². The summed E-state index contributed by atoms with van der Waals surface area (Å²) in [6.07, 6.45) is 0. The third-order valence-corrected chi connectivity index (χ3v) is 2.69. The molecule has 3 N–H and O–H groups in total. The number of benzene rings is 2. The van der Waals surface area contributed by atoms with Crippen LogP contribution in [0.2, 0.25) is 0 Å². The molecule has 21 heavy (non-hydrogen) atoms. The van der Waals surface area contributed by atoms with Gasteiger partial charge < -0.3 is 15.8 Å². The summed E-state index contributed by atoms with van der Waals surface area (Å²) < 4.78 is 31.5. The number of nitrogens with two attached hydrogens (primary N) is 1. The summed E-state index contributed by atoms with van der Waals surface area (Å²) in [6, 6.07) is 9.65. The van der Waals surface area contributed by atoms with E-state index >= 15 is 0 Å². The quantitative estimate of drug-likeness (QED) is 0.657. The first-order chi connectivity index (χ1) is 10.1. The monoisotopic (exact) mass is 292 g/mol. The number of carbonyl (C=O) groups is 1. The molecule has 0 saturated heterocycles. The standard InChI is InChI=1S/C15H14F2N2O2/c16-10-4-5-13(14(17)8-10)15(20)19-6-7-21-12-3-1-2-11(18)9-12/h1-5,8-9H,6-7,18H2,(H,19,20). The van der Waals surface area contributed by atoms with Gasteiger partial charge in [-0.3, -0.25) is 4.79 Å². The summed E-state index contributed by atoms with van der Waals surface area (Å²) in [5, 5.41) is 2.49. The van der Waals surface area contributed by atoms with E-state index in [1.807, 2.05) is 0 Å². The molecule has 0 bridgehead atoms. The summed E-state index contributed by atoms with van der Waals surface area (Å²) in [5.41, 5.74) is 5.96. The smallest absolute Gasteiger partial charge is 0.254 e. The SMILES string of the molecule is Nc1cccc(OCCNC(=O)c2ccc(F)cc2F)c1. The van der Waals surface area contributed by atoms with Gasteiger partial charge in [0.25, 0.3) is 5.91 Å². The normalized spacial score (nSPS) is 10.2. The number of hydrogen-bond donors (Lipinski definition) is 2. The molecule has 0 aliphatic carbocycles. The highest BCUT2D eigenvalue weighted by Crippen LogP contribution is 2.14. The number of hydrogen-bond acceptors (Lipinski definition) is 3. The van der Waals surface area contributed by atoms with E-state index in [1.54, 1.807) is 24.3 Å². The Bertz CT molecular complexity index is 647. The lowest BCUT2D eigenvalue weighted by atomic mass is 10.2. The molecule has 0 spiro atoms. The highest BCUT2D eigenvalue weighted by Gasteiger charge is 2.11. The topological polar surface area (TPSA) is 64.3 Å². The molecule has 110 valence electrons. The highest BCUT2D eigenvalue weighted by atomic mass is 19.1. The Labute approximate surface area is 120 Å². The Morgan fingerprint density at radius 3 is 2.71 bits per heavy atom. The maximum atomic E-state index is 13.4. The summed E-state index contributed by atoms with van der Waals surface area (Å²) >= 11 is 0. The number of nitrogen functional groups attached to an aromatic ring is 1. The molecule has 0 aromatic heterocycles. The zero-order valence-electron chi connectivity index (χ0n) is 11.1. The molecule has 2 aromatic rings. The minimum Gasteiger partial charge on any atom is -0.492 e. The molecule has 1 amide bonds. The van der Waals surface area contributed by atoms with Crippen LogP contribution in [0.25, 0.3) is 0 Å². The van der Waals surface area contributed by atoms with Crippen molar-refractivity contribution in [3.63, 3.8) is 0 Å². The van der Waals surface area contributed by atoms with Crippen LogP contribution >= 0.6 is 0 Å². The summed E-state index contributed by atoms with van der Waals surface area (Å²) in [7, 11) is 0. The number of nitrogens with one attached hydrogen (secondary N) is 1. The predicted octanol–water partition coefficient (Wildman–Crippen LogP) is 2.36. The zero-order valence-corrected chi connectivity index (χ0v) is 11.1. The van der Waals surface area contributed by atoms with Crippen molar-refractivity contribution in [2.24, 2.45) is 0 Å². The molecule has 6 heteroatoms. The Balaban J connectivity index is 1.82. The van der Waals surface area contributed by atoms with Gasteiger partial charge in [0.1, 0.15) is 24.0 Å². The second-order valence-corrected chi connectivity index (χ2v) is 4.30. The maximum absolute atomic E-state index is 13.4. The van der Waals surface area contributed by atoms with Gasteiger partial charge >= 0.3 is 0 Å². The van der Waals surface area contributed by atoms with Crippen molar-refractivity contribution in [3.8, 4) is 5.75 Å². The number of amides is 1. The van der Waals surface area contributed by atoms with Crippen LogP contribution in [0.3, 0.4) is 0 Å². The van der Waals surface area contributed by atoms with E-state index in [-0.39, 0.29) is 18.7 Å². The first kappa shape index (κ1) is 14.8. The minimum absolute atomic E-state index is 0.185. The molecular formula is C15H14F2N2O2. The first-order valence-electron chi connectivity index (χ1n) is 6.28. The van der Waals surface area contributed by atoms with E-state index in [0.717, 1.165) is 12.1 Å². The molecule has 4 nitrogen and oxygen atoms in total. The molecule has 0 aliphatic rings. The first-order valence-corrected chi connectivity index (χ1v) is 6.28. The van der Waals surface area contributed by atoms with E-state index in [1.165, 1.54) is 0 Å². The van der Waals surface area contributed by atoms with E-state index in [2.05, 4.69) is 5.32 Å². The minimum atomic E-state index is -0.899.